The molecule has 0 saturated carbocycles. The van der Waals surface area contributed by atoms with E-state index in [1.54, 1.807) is 14.2 Å². The van der Waals surface area contributed by atoms with Crippen LogP contribution in [0.3, 0.4) is 0 Å². The van der Waals surface area contributed by atoms with Crippen LogP contribution in [-0.2, 0) is 13.0 Å². The number of benzene rings is 1. The Hall–Kier alpha value is -2.54. The molecule has 7 heteroatoms. The van der Waals surface area contributed by atoms with Crippen LogP contribution in [0.1, 0.15) is 23.9 Å². The summed E-state index contributed by atoms with van der Waals surface area (Å²) in [4.78, 5) is 11.2. The first-order valence-corrected chi connectivity index (χ1v) is 8.75. The van der Waals surface area contributed by atoms with E-state index in [4.69, 9.17) is 9.47 Å². The van der Waals surface area contributed by atoms with Gasteiger partial charge in [-0.25, -0.2) is 9.97 Å². The Bertz CT molecular complexity index is 782. The van der Waals surface area contributed by atoms with Gasteiger partial charge in [0, 0.05) is 25.2 Å². The summed E-state index contributed by atoms with van der Waals surface area (Å²) in [5, 5.41) is 12.4. The van der Waals surface area contributed by atoms with Crippen LogP contribution in [0.2, 0.25) is 0 Å². The lowest BCUT2D eigenvalue weighted by atomic mass is 9.99. The minimum atomic E-state index is -0.0593. The number of anilines is 2. The van der Waals surface area contributed by atoms with Gasteiger partial charge in [-0.3, -0.25) is 0 Å². The maximum Gasteiger partial charge on any atom is 0.161 e. The summed E-state index contributed by atoms with van der Waals surface area (Å²) >= 11 is 0. The molecule has 0 aliphatic carbocycles. The molecule has 140 valence electrons. The van der Waals surface area contributed by atoms with Crippen molar-refractivity contribution in [3.63, 3.8) is 0 Å². The molecule has 1 aromatic heterocycles. The van der Waals surface area contributed by atoms with E-state index in [-0.39, 0.29) is 12.6 Å². The van der Waals surface area contributed by atoms with Gasteiger partial charge in [0.1, 0.15) is 17.5 Å². The molecule has 0 saturated heterocycles. The second-order valence-corrected chi connectivity index (χ2v) is 6.53. The summed E-state index contributed by atoms with van der Waals surface area (Å²) in [6.45, 7) is 5.46. The minimum Gasteiger partial charge on any atom is -0.493 e. The highest BCUT2D eigenvalue weighted by Crippen LogP contribution is 2.34. The predicted molar refractivity (Wildman–Crippen MR) is 101 cm³/mol. The van der Waals surface area contributed by atoms with Gasteiger partial charge in [0.05, 0.1) is 20.8 Å². The summed E-state index contributed by atoms with van der Waals surface area (Å²) < 4.78 is 10.8. The van der Waals surface area contributed by atoms with Gasteiger partial charge in [0.15, 0.2) is 11.5 Å². The van der Waals surface area contributed by atoms with Crippen molar-refractivity contribution < 1.29 is 14.6 Å². The maximum atomic E-state index is 9.25. The molecular formula is C19H26N4O3. The molecule has 26 heavy (non-hydrogen) atoms. The molecule has 2 N–H and O–H groups in total. The Morgan fingerprint density at radius 2 is 1.85 bits per heavy atom. The van der Waals surface area contributed by atoms with Crippen LogP contribution in [-0.4, -0.2) is 48.5 Å². The van der Waals surface area contributed by atoms with Crippen LogP contribution in [0.25, 0.3) is 0 Å². The van der Waals surface area contributed by atoms with E-state index in [1.807, 2.05) is 26.0 Å². The van der Waals surface area contributed by atoms with Crippen LogP contribution in [0, 0.1) is 6.92 Å². The summed E-state index contributed by atoms with van der Waals surface area (Å²) in [7, 11) is 3.31. The molecule has 0 amide bonds. The molecule has 2 aromatic rings. The maximum absolute atomic E-state index is 9.25. The second kappa shape index (κ2) is 7.78. The van der Waals surface area contributed by atoms with Crippen LogP contribution < -0.4 is 19.7 Å². The number of aromatic nitrogens is 2. The molecule has 1 aliphatic heterocycles. The SMILES string of the molecule is COc1cc2c(cc1OC)CN(c1cc(N[C@@H](C)CO)nc(C)n1)CC2. The normalized spacial score (nSPS) is 14.6. The molecule has 1 aromatic carbocycles. The standard InChI is InChI=1S/C19H26N4O3/c1-12(11-24)20-18-9-19(22-13(2)21-18)23-6-5-14-7-16(25-3)17(26-4)8-15(14)10-23/h7-9,12,24H,5-6,10-11H2,1-4H3,(H,20,21,22)/t12-/m0/s1. The van der Waals surface area contributed by atoms with Crippen molar-refractivity contribution >= 4 is 11.6 Å². The van der Waals surface area contributed by atoms with Crippen molar-refractivity contribution in [2.24, 2.45) is 0 Å². The zero-order valence-corrected chi connectivity index (χ0v) is 15.7. The van der Waals surface area contributed by atoms with Crippen LogP contribution in [0.15, 0.2) is 18.2 Å². The number of methoxy groups -OCH3 is 2. The van der Waals surface area contributed by atoms with E-state index in [1.165, 1.54) is 11.1 Å². The van der Waals surface area contributed by atoms with E-state index in [0.717, 1.165) is 42.6 Å². The van der Waals surface area contributed by atoms with Gasteiger partial charge >= 0.3 is 0 Å². The summed E-state index contributed by atoms with van der Waals surface area (Å²) in [5.41, 5.74) is 2.49. The van der Waals surface area contributed by atoms with Gasteiger partial charge in [0.25, 0.3) is 0 Å². The highest BCUT2D eigenvalue weighted by Gasteiger charge is 2.21. The predicted octanol–water partition coefficient (Wildman–Crippen LogP) is 2.16. The molecular weight excluding hydrogens is 332 g/mol. The van der Waals surface area contributed by atoms with Crippen molar-refractivity contribution in [2.45, 2.75) is 32.9 Å². The zero-order chi connectivity index (χ0) is 18.7. The first-order chi connectivity index (χ1) is 12.5. The fourth-order valence-electron chi connectivity index (χ4n) is 3.16. The molecule has 0 unspecified atom stereocenters. The third-order valence-electron chi connectivity index (χ3n) is 4.53. The van der Waals surface area contributed by atoms with Gasteiger partial charge < -0.3 is 24.8 Å². The average Bonchev–Trinajstić information content (AvgIpc) is 2.65. The van der Waals surface area contributed by atoms with Crippen molar-refractivity contribution in [2.75, 3.05) is 37.6 Å². The number of hydrogen-bond acceptors (Lipinski definition) is 7. The Morgan fingerprint density at radius 1 is 1.15 bits per heavy atom. The highest BCUT2D eigenvalue weighted by molar-refractivity contribution is 5.54. The van der Waals surface area contributed by atoms with E-state index >= 15 is 0 Å². The minimum absolute atomic E-state index is 0.0527. The molecule has 0 bridgehead atoms. The fourth-order valence-corrected chi connectivity index (χ4v) is 3.16. The van der Waals surface area contributed by atoms with Gasteiger partial charge in [-0.2, -0.15) is 0 Å². The average molecular weight is 358 g/mol. The fraction of sp³-hybridized carbons (Fsp3) is 0.474. The van der Waals surface area contributed by atoms with E-state index in [2.05, 4.69) is 26.3 Å². The van der Waals surface area contributed by atoms with Crippen LogP contribution >= 0.6 is 0 Å². The van der Waals surface area contributed by atoms with E-state index in [0.29, 0.717) is 5.82 Å². The highest BCUT2D eigenvalue weighted by atomic mass is 16.5. The Labute approximate surface area is 154 Å². The molecule has 0 fully saturated rings. The topological polar surface area (TPSA) is 79.7 Å². The first kappa shape index (κ1) is 18.3. The molecule has 0 spiro atoms. The lowest BCUT2D eigenvalue weighted by Gasteiger charge is -2.31. The van der Waals surface area contributed by atoms with Crippen molar-refractivity contribution in [1.29, 1.82) is 0 Å². The van der Waals surface area contributed by atoms with Crippen LogP contribution in [0.5, 0.6) is 11.5 Å². The number of fused-ring (bicyclic) bond motifs is 1. The molecule has 2 heterocycles. The third-order valence-corrected chi connectivity index (χ3v) is 4.53. The number of rotatable bonds is 6. The third kappa shape index (κ3) is 3.83. The lowest BCUT2D eigenvalue weighted by Crippen LogP contribution is -2.31. The summed E-state index contributed by atoms with van der Waals surface area (Å²) in [6, 6.07) is 5.98. The molecule has 3 rings (SSSR count). The Balaban J connectivity index is 1.86. The number of hydrogen-bond donors (Lipinski definition) is 2. The molecule has 1 atom stereocenters. The Kier molecular flexibility index (Phi) is 5.46. The number of aryl methyl sites for hydroxylation is 1. The van der Waals surface area contributed by atoms with Gasteiger partial charge in [-0.15, -0.1) is 0 Å². The van der Waals surface area contributed by atoms with Crippen molar-refractivity contribution in [3.8, 4) is 11.5 Å². The van der Waals surface area contributed by atoms with Crippen molar-refractivity contribution in [1.82, 2.24) is 9.97 Å². The van der Waals surface area contributed by atoms with Gasteiger partial charge in [0.2, 0.25) is 0 Å². The number of aliphatic hydroxyl groups is 1. The van der Waals surface area contributed by atoms with E-state index < -0.39 is 0 Å². The number of aliphatic hydroxyl groups excluding tert-OH is 1. The zero-order valence-electron chi connectivity index (χ0n) is 15.7. The quantitative estimate of drug-likeness (QED) is 0.819. The summed E-state index contributed by atoms with van der Waals surface area (Å²) in [6.07, 6.45) is 0.911. The number of ether oxygens (including phenoxy) is 2. The van der Waals surface area contributed by atoms with E-state index in [9.17, 15) is 5.11 Å². The molecule has 1 aliphatic rings. The summed E-state index contributed by atoms with van der Waals surface area (Å²) in [5.74, 6) is 3.82. The largest absolute Gasteiger partial charge is 0.493 e. The Morgan fingerprint density at radius 3 is 2.50 bits per heavy atom. The lowest BCUT2D eigenvalue weighted by molar-refractivity contribution is 0.281. The molecule has 7 nitrogen and oxygen atoms in total. The molecule has 0 radical (unpaired) electrons. The number of nitrogens with one attached hydrogen (secondary N) is 1. The van der Waals surface area contributed by atoms with Crippen LogP contribution in [0.4, 0.5) is 11.6 Å². The smallest absolute Gasteiger partial charge is 0.161 e. The second-order valence-electron chi connectivity index (χ2n) is 6.53. The monoisotopic (exact) mass is 358 g/mol. The van der Waals surface area contributed by atoms with Crippen molar-refractivity contribution in [3.05, 3.63) is 35.2 Å². The van der Waals surface area contributed by atoms with Gasteiger partial charge in [-0.1, -0.05) is 0 Å². The first-order valence-electron chi connectivity index (χ1n) is 8.75. The van der Waals surface area contributed by atoms with Gasteiger partial charge in [-0.05, 0) is 43.5 Å². The number of nitrogens with zero attached hydrogens (tertiary/aromatic N) is 3.